The summed E-state index contributed by atoms with van der Waals surface area (Å²) in [5.74, 6) is -0.181. The number of benzene rings is 1. The van der Waals surface area contributed by atoms with Gasteiger partial charge in [0.15, 0.2) is 5.03 Å². The fraction of sp³-hybridized carbons (Fsp3) is 0.231. The monoisotopic (exact) mass is 308 g/mol. The molecule has 0 aliphatic rings. The molecule has 0 radical (unpaired) electrons. The molecule has 0 spiro atoms. The number of H-pyrrole nitrogens is 1. The first kappa shape index (κ1) is 15.2. The molecule has 7 nitrogen and oxygen atoms in total. The topological polar surface area (TPSA) is 95.2 Å². The smallest absolute Gasteiger partial charge is 0.260 e. The van der Waals surface area contributed by atoms with Crippen molar-refractivity contribution in [2.75, 3.05) is 14.1 Å². The zero-order chi connectivity index (χ0) is 15.5. The summed E-state index contributed by atoms with van der Waals surface area (Å²) in [6.07, 6.45) is 1.39. The third-order valence-electron chi connectivity index (χ3n) is 3.01. The van der Waals surface area contributed by atoms with Crippen molar-refractivity contribution in [3.63, 3.8) is 0 Å². The number of sulfonamides is 1. The molecule has 1 aromatic heterocycles. The van der Waals surface area contributed by atoms with Gasteiger partial charge in [0.25, 0.3) is 15.9 Å². The quantitative estimate of drug-likeness (QED) is 0.845. The van der Waals surface area contributed by atoms with Gasteiger partial charge in [0.1, 0.15) is 0 Å². The summed E-state index contributed by atoms with van der Waals surface area (Å²) in [7, 11) is -0.544. The summed E-state index contributed by atoms with van der Waals surface area (Å²) in [5, 5.41) is 8.66. The van der Waals surface area contributed by atoms with Crippen molar-refractivity contribution in [2.45, 2.75) is 11.6 Å². The highest BCUT2D eigenvalue weighted by Crippen LogP contribution is 2.14. The number of aromatic amines is 1. The zero-order valence-corrected chi connectivity index (χ0v) is 12.5. The van der Waals surface area contributed by atoms with E-state index in [2.05, 4.69) is 15.5 Å². The maximum Gasteiger partial charge on any atom is 0.260 e. The molecular weight excluding hydrogens is 292 g/mol. The lowest BCUT2D eigenvalue weighted by Gasteiger charge is -2.16. The Morgan fingerprint density at radius 1 is 1.29 bits per heavy atom. The predicted molar refractivity (Wildman–Crippen MR) is 77.1 cm³/mol. The number of carbonyl (C=O) groups excluding carboxylic acids is 1. The summed E-state index contributed by atoms with van der Waals surface area (Å²) < 4.78 is 25.6. The molecule has 2 rings (SSSR count). The number of hydrogen-bond acceptors (Lipinski definition) is 4. The number of carbonyl (C=O) groups is 1. The highest BCUT2D eigenvalue weighted by atomic mass is 32.2. The molecule has 0 aliphatic heterocycles. The van der Waals surface area contributed by atoms with Gasteiger partial charge in [-0.2, -0.15) is 9.40 Å². The molecule has 0 unspecified atom stereocenters. The molecule has 21 heavy (non-hydrogen) atoms. The van der Waals surface area contributed by atoms with Gasteiger partial charge in [-0.15, -0.1) is 0 Å². The molecular formula is C13H16N4O3S. The Morgan fingerprint density at radius 2 is 1.95 bits per heavy atom. The van der Waals surface area contributed by atoms with E-state index in [-0.39, 0.29) is 17.5 Å². The van der Waals surface area contributed by atoms with E-state index in [1.807, 2.05) is 0 Å². The summed E-state index contributed by atoms with van der Waals surface area (Å²) >= 11 is 0. The maximum atomic E-state index is 12.2. The van der Waals surface area contributed by atoms with Gasteiger partial charge in [0.2, 0.25) is 0 Å². The first-order valence-electron chi connectivity index (χ1n) is 6.22. The van der Waals surface area contributed by atoms with Crippen LogP contribution in [-0.4, -0.2) is 42.9 Å². The molecule has 1 amide bonds. The Hall–Kier alpha value is -2.19. The molecule has 112 valence electrons. The van der Waals surface area contributed by atoms with Crippen LogP contribution in [0.25, 0.3) is 0 Å². The Bertz CT molecular complexity index is 708. The predicted octanol–water partition coefficient (Wildman–Crippen LogP) is 0.590. The van der Waals surface area contributed by atoms with Crippen LogP contribution in [0, 0.1) is 0 Å². The van der Waals surface area contributed by atoms with Crippen LogP contribution in [0.1, 0.15) is 15.9 Å². The van der Waals surface area contributed by atoms with E-state index in [1.165, 1.54) is 23.6 Å². The lowest BCUT2D eigenvalue weighted by molar-refractivity contribution is 0.0963. The molecule has 2 aromatic rings. The average Bonchev–Trinajstić information content (AvgIpc) is 3.02. The van der Waals surface area contributed by atoms with Crippen LogP contribution in [0.5, 0.6) is 0 Å². The third kappa shape index (κ3) is 3.29. The number of hydrogen-bond donors (Lipinski definition) is 2. The average molecular weight is 308 g/mol. The van der Waals surface area contributed by atoms with Crippen LogP contribution in [0.15, 0.2) is 41.6 Å². The molecule has 0 aliphatic carbocycles. The Balaban J connectivity index is 2.13. The van der Waals surface area contributed by atoms with E-state index >= 15 is 0 Å². The highest BCUT2D eigenvalue weighted by Gasteiger charge is 2.22. The van der Waals surface area contributed by atoms with Crippen LogP contribution >= 0.6 is 0 Å². The third-order valence-corrected chi connectivity index (χ3v) is 4.74. The van der Waals surface area contributed by atoms with Crippen LogP contribution < -0.4 is 5.32 Å². The second-order valence-electron chi connectivity index (χ2n) is 4.46. The fourth-order valence-electron chi connectivity index (χ4n) is 1.80. The van der Waals surface area contributed by atoms with Crippen LogP contribution in [-0.2, 0) is 16.6 Å². The van der Waals surface area contributed by atoms with Crippen molar-refractivity contribution in [2.24, 2.45) is 0 Å². The molecule has 2 N–H and O–H groups in total. The first-order chi connectivity index (χ1) is 9.95. The Labute approximate surface area is 123 Å². The zero-order valence-electron chi connectivity index (χ0n) is 11.7. The van der Waals surface area contributed by atoms with Gasteiger partial charge < -0.3 is 5.32 Å². The number of nitrogens with one attached hydrogen (secondary N) is 2. The van der Waals surface area contributed by atoms with Crippen molar-refractivity contribution >= 4 is 15.9 Å². The second kappa shape index (κ2) is 6.06. The molecule has 1 aromatic carbocycles. The van der Waals surface area contributed by atoms with Gasteiger partial charge >= 0.3 is 0 Å². The number of aromatic nitrogens is 2. The van der Waals surface area contributed by atoms with Crippen molar-refractivity contribution < 1.29 is 13.2 Å². The molecule has 0 saturated heterocycles. The van der Waals surface area contributed by atoms with E-state index in [0.717, 1.165) is 5.56 Å². The van der Waals surface area contributed by atoms with Crippen molar-refractivity contribution in [1.29, 1.82) is 0 Å². The largest absolute Gasteiger partial charge is 0.355 e. The summed E-state index contributed by atoms with van der Waals surface area (Å²) in [6.45, 7) is 0.204. The second-order valence-corrected chi connectivity index (χ2v) is 6.47. The molecule has 8 heteroatoms. The van der Waals surface area contributed by atoms with E-state index in [1.54, 1.807) is 31.3 Å². The van der Waals surface area contributed by atoms with Crippen LogP contribution in [0.3, 0.4) is 0 Å². The van der Waals surface area contributed by atoms with Gasteiger partial charge in [-0.25, -0.2) is 8.42 Å². The minimum Gasteiger partial charge on any atom is -0.355 e. The normalized spacial score (nSPS) is 11.6. The van der Waals surface area contributed by atoms with E-state index in [9.17, 15) is 13.2 Å². The Morgan fingerprint density at radius 3 is 2.48 bits per heavy atom. The minimum atomic E-state index is -3.59. The number of nitrogens with zero attached hydrogens (tertiary/aromatic N) is 2. The van der Waals surface area contributed by atoms with E-state index < -0.39 is 10.0 Å². The van der Waals surface area contributed by atoms with Crippen molar-refractivity contribution in [1.82, 2.24) is 19.8 Å². The van der Waals surface area contributed by atoms with Crippen molar-refractivity contribution in [3.8, 4) is 0 Å². The fourth-order valence-corrected chi connectivity index (χ4v) is 2.86. The van der Waals surface area contributed by atoms with Crippen LogP contribution in [0.4, 0.5) is 0 Å². The lowest BCUT2D eigenvalue weighted by Crippen LogP contribution is -2.27. The molecule has 0 bridgehead atoms. The summed E-state index contributed by atoms with van der Waals surface area (Å²) in [5.41, 5.74) is 1.31. The molecule has 0 saturated carbocycles. The van der Waals surface area contributed by atoms with Gasteiger partial charge in [-0.05, 0) is 23.8 Å². The molecule has 0 fully saturated rings. The highest BCUT2D eigenvalue weighted by molar-refractivity contribution is 7.89. The van der Waals surface area contributed by atoms with Gasteiger partial charge in [0, 0.05) is 26.2 Å². The summed E-state index contributed by atoms with van der Waals surface area (Å²) in [4.78, 5) is 11.4. The van der Waals surface area contributed by atoms with E-state index in [4.69, 9.17) is 0 Å². The standard InChI is InChI=1S/C13H16N4O3S/c1-14-13(18)11-5-3-10(4-6-11)9-17(2)21(19,20)12-7-8-15-16-12/h3-8H,9H2,1-2H3,(H,14,18)(H,15,16). The number of amides is 1. The molecule has 0 atom stereocenters. The molecule has 1 heterocycles. The lowest BCUT2D eigenvalue weighted by atomic mass is 10.1. The van der Waals surface area contributed by atoms with Gasteiger partial charge in [0.05, 0.1) is 6.20 Å². The maximum absolute atomic E-state index is 12.2. The van der Waals surface area contributed by atoms with Gasteiger partial charge in [-0.1, -0.05) is 12.1 Å². The summed E-state index contributed by atoms with van der Waals surface area (Å²) in [6, 6.07) is 8.17. The van der Waals surface area contributed by atoms with Gasteiger partial charge in [-0.3, -0.25) is 9.89 Å². The first-order valence-corrected chi connectivity index (χ1v) is 7.66. The Kier molecular flexibility index (Phi) is 4.39. The van der Waals surface area contributed by atoms with Crippen molar-refractivity contribution in [3.05, 3.63) is 47.7 Å². The minimum absolute atomic E-state index is 0.0481. The van der Waals surface area contributed by atoms with Crippen LogP contribution in [0.2, 0.25) is 0 Å². The SMILES string of the molecule is CNC(=O)c1ccc(CN(C)S(=O)(=O)c2ccn[nH]2)cc1. The van der Waals surface area contributed by atoms with E-state index in [0.29, 0.717) is 5.56 Å². The number of rotatable bonds is 5.